The van der Waals surface area contributed by atoms with Gasteiger partial charge in [-0.15, -0.1) is 0 Å². The van der Waals surface area contributed by atoms with Gasteiger partial charge in [0.05, 0.1) is 12.6 Å². The van der Waals surface area contributed by atoms with Crippen LogP contribution in [0.15, 0.2) is 48.7 Å². The highest BCUT2D eigenvalue weighted by atomic mass is 16.5. The summed E-state index contributed by atoms with van der Waals surface area (Å²) in [6.07, 6.45) is 1.97. The van der Waals surface area contributed by atoms with Crippen molar-refractivity contribution < 1.29 is 9.47 Å². The van der Waals surface area contributed by atoms with Crippen LogP contribution >= 0.6 is 0 Å². The molecule has 0 spiro atoms. The van der Waals surface area contributed by atoms with Crippen molar-refractivity contribution in [1.82, 2.24) is 4.98 Å². The summed E-state index contributed by atoms with van der Waals surface area (Å²) in [6, 6.07) is 13.8. The van der Waals surface area contributed by atoms with Gasteiger partial charge in [0.2, 0.25) is 0 Å². The van der Waals surface area contributed by atoms with Crippen molar-refractivity contribution in [3.63, 3.8) is 0 Å². The summed E-state index contributed by atoms with van der Waals surface area (Å²) in [6.45, 7) is 0.999. The molecule has 4 heteroatoms. The van der Waals surface area contributed by atoms with E-state index in [1.165, 1.54) is 0 Å². The number of aromatic nitrogens is 1. The zero-order valence-corrected chi connectivity index (χ0v) is 11.9. The fraction of sp³-hybridized carbons (Fsp3) is 0.176. The standard InChI is InChI=1S/C17H18N2O2/c1-20-15-7-2-3-8-16(15)21-11-13-10-19-17-12(9-18)5-4-6-14(13)17/h2-8,10,19H,9,11,18H2,1H3. The van der Waals surface area contributed by atoms with E-state index in [9.17, 15) is 0 Å². The minimum atomic E-state index is 0.481. The Bertz CT molecular complexity index is 749. The molecule has 0 saturated heterocycles. The first-order valence-corrected chi connectivity index (χ1v) is 6.87. The van der Waals surface area contributed by atoms with Gasteiger partial charge in [-0.3, -0.25) is 0 Å². The van der Waals surface area contributed by atoms with Crippen LogP contribution in [0.2, 0.25) is 0 Å². The van der Waals surface area contributed by atoms with Crippen molar-refractivity contribution in [2.24, 2.45) is 5.73 Å². The van der Waals surface area contributed by atoms with Gasteiger partial charge in [-0.25, -0.2) is 0 Å². The predicted octanol–water partition coefficient (Wildman–Crippen LogP) is 3.21. The van der Waals surface area contributed by atoms with Gasteiger partial charge >= 0.3 is 0 Å². The maximum Gasteiger partial charge on any atom is 0.161 e. The second-order valence-electron chi connectivity index (χ2n) is 4.80. The van der Waals surface area contributed by atoms with E-state index in [1.54, 1.807) is 7.11 Å². The molecule has 0 bridgehead atoms. The SMILES string of the molecule is COc1ccccc1OCc1c[nH]c2c(CN)cccc12. The molecule has 108 valence electrons. The molecule has 0 aliphatic carbocycles. The van der Waals surface area contributed by atoms with Crippen LogP contribution in [0.1, 0.15) is 11.1 Å². The summed E-state index contributed by atoms with van der Waals surface area (Å²) < 4.78 is 11.2. The molecule has 0 fully saturated rings. The molecule has 0 atom stereocenters. The molecule has 3 rings (SSSR count). The Hall–Kier alpha value is -2.46. The Morgan fingerprint density at radius 1 is 1.00 bits per heavy atom. The molecule has 1 aromatic heterocycles. The van der Waals surface area contributed by atoms with Crippen LogP contribution in [0.4, 0.5) is 0 Å². The molecule has 21 heavy (non-hydrogen) atoms. The highest BCUT2D eigenvalue weighted by Gasteiger charge is 2.08. The average molecular weight is 282 g/mol. The second-order valence-corrected chi connectivity index (χ2v) is 4.80. The van der Waals surface area contributed by atoms with E-state index in [2.05, 4.69) is 11.1 Å². The number of nitrogens with one attached hydrogen (secondary N) is 1. The largest absolute Gasteiger partial charge is 0.493 e. The van der Waals surface area contributed by atoms with E-state index in [0.29, 0.717) is 13.2 Å². The fourth-order valence-corrected chi connectivity index (χ4v) is 2.46. The van der Waals surface area contributed by atoms with Crippen molar-refractivity contribution >= 4 is 10.9 Å². The minimum Gasteiger partial charge on any atom is -0.493 e. The smallest absolute Gasteiger partial charge is 0.161 e. The maximum atomic E-state index is 5.88. The quantitative estimate of drug-likeness (QED) is 0.755. The number of para-hydroxylation sites is 3. The zero-order chi connectivity index (χ0) is 14.7. The molecule has 0 aliphatic rings. The van der Waals surface area contributed by atoms with Crippen molar-refractivity contribution in [3.8, 4) is 11.5 Å². The zero-order valence-electron chi connectivity index (χ0n) is 11.9. The molecule has 0 amide bonds. The molecule has 4 nitrogen and oxygen atoms in total. The van der Waals surface area contributed by atoms with E-state index >= 15 is 0 Å². The average Bonchev–Trinajstić information content (AvgIpc) is 2.96. The number of fused-ring (bicyclic) bond motifs is 1. The van der Waals surface area contributed by atoms with Gasteiger partial charge in [0, 0.05) is 23.7 Å². The number of methoxy groups -OCH3 is 1. The van der Waals surface area contributed by atoms with Gasteiger partial charge in [-0.2, -0.15) is 0 Å². The molecule has 0 saturated carbocycles. The highest BCUT2D eigenvalue weighted by molar-refractivity contribution is 5.86. The lowest BCUT2D eigenvalue weighted by molar-refractivity contribution is 0.285. The third kappa shape index (κ3) is 2.58. The molecule has 2 aromatic carbocycles. The first kappa shape index (κ1) is 13.5. The van der Waals surface area contributed by atoms with E-state index in [4.69, 9.17) is 15.2 Å². The third-order valence-corrected chi connectivity index (χ3v) is 3.56. The van der Waals surface area contributed by atoms with Gasteiger partial charge in [0.25, 0.3) is 0 Å². The number of hydrogen-bond acceptors (Lipinski definition) is 3. The molecule has 1 heterocycles. The molecule has 0 radical (unpaired) electrons. The van der Waals surface area contributed by atoms with Crippen LogP contribution in [-0.2, 0) is 13.2 Å². The van der Waals surface area contributed by atoms with Gasteiger partial charge < -0.3 is 20.2 Å². The monoisotopic (exact) mass is 282 g/mol. The Labute approximate surface area is 123 Å². The van der Waals surface area contributed by atoms with Gasteiger partial charge in [-0.05, 0) is 17.7 Å². The lowest BCUT2D eigenvalue weighted by atomic mass is 10.1. The second kappa shape index (κ2) is 5.89. The van der Waals surface area contributed by atoms with Crippen molar-refractivity contribution in [2.45, 2.75) is 13.2 Å². The van der Waals surface area contributed by atoms with Crippen LogP contribution in [-0.4, -0.2) is 12.1 Å². The first-order valence-electron chi connectivity index (χ1n) is 6.87. The minimum absolute atomic E-state index is 0.481. The van der Waals surface area contributed by atoms with Crippen molar-refractivity contribution in [3.05, 3.63) is 59.8 Å². The lowest BCUT2D eigenvalue weighted by Gasteiger charge is -2.09. The summed E-state index contributed by atoms with van der Waals surface area (Å²) in [5.74, 6) is 1.48. The van der Waals surface area contributed by atoms with Crippen LogP contribution < -0.4 is 15.2 Å². The van der Waals surface area contributed by atoms with Gasteiger partial charge in [-0.1, -0.05) is 30.3 Å². The maximum absolute atomic E-state index is 5.88. The molecule has 0 unspecified atom stereocenters. The molecule has 3 N–H and O–H groups in total. The predicted molar refractivity (Wildman–Crippen MR) is 83.5 cm³/mol. The number of H-pyrrole nitrogens is 1. The van der Waals surface area contributed by atoms with Crippen LogP contribution in [0.25, 0.3) is 10.9 Å². The van der Waals surface area contributed by atoms with Crippen LogP contribution in [0.5, 0.6) is 11.5 Å². The summed E-state index contributed by atoms with van der Waals surface area (Å²) in [5, 5.41) is 1.15. The van der Waals surface area contributed by atoms with E-state index in [0.717, 1.165) is 33.5 Å². The Kier molecular flexibility index (Phi) is 3.79. The molecular formula is C17H18N2O2. The van der Waals surface area contributed by atoms with Gasteiger partial charge in [0.1, 0.15) is 6.61 Å². The normalized spacial score (nSPS) is 10.8. The number of nitrogens with two attached hydrogens (primary N) is 1. The number of ether oxygens (including phenoxy) is 2. The molecule has 0 aliphatic heterocycles. The fourth-order valence-electron chi connectivity index (χ4n) is 2.46. The Balaban J connectivity index is 1.86. The van der Waals surface area contributed by atoms with E-state index < -0.39 is 0 Å². The van der Waals surface area contributed by atoms with Gasteiger partial charge in [0.15, 0.2) is 11.5 Å². The Morgan fingerprint density at radius 2 is 1.81 bits per heavy atom. The summed E-state index contributed by atoms with van der Waals surface area (Å²) >= 11 is 0. The lowest BCUT2D eigenvalue weighted by Crippen LogP contribution is -1.98. The number of aromatic amines is 1. The number of benzene rings is 2. The third-order valence-electron chi connectivity index (χ3n) is 3.56. The number of rotatable bonds is 5. The number of hydrogen-bond donors (Lipinski definition) is 2. The van der Waals surface area contributed by atoms with E-state index in [-0.39, 0.29) is 0 Å². The highest BCUT2D eigenvalue weighted by Crippen LogP contribution is 2.28. The summed E-state index contributed by atoms with van der Waals surface area (Å²) in [5.41, 5.74) is 9.05. The van der Waals surface area contributed by atoms with Crippen LogP contribution in [0.3, 0.4) is 0 Å². The van der Waals surface area contributed by atoms with Crippen molar-refractivity contribution in [1.29, 1.82) is 0 Å². The molecule has 3 aromatic rings. The van der Waals surface area contributed by atoms with Crippen LogP contribution in [0, 0.1) is 0 Å². The summed E-state index contributed by atoms with van der Waals surface area (Å²) in [7, 11) is 1.64. The van der Waals surface area contributed by atoms with E-state index in [1.807, 2.05) is 42.6 Å². The first-order chi connectivity index (χ1) is 10.3. The summed E-state index contributed by atoms with van der Waals surface area (Å²) in [4.78, 5) is 3.28. The topological polar surface area (TPSA) is 60.3 Å². The van der Waals surface area contributed by atoms with Crippen molar-refractivity contribution in [2.75, 3.05) is 7.11 Å². The Morgan fingerprint density at radius 3 is 2.57 bits per heavy atom. The molecular weight excluding hydrogens is 264 g/mol.